The van der Waals surface area contributed by atoms with Crippen molar-refractivity contribution in [2.75, 3.05) is 42.5 Å². The van der Waals surface area contributed by atoms with Crippen LogP contribution in [0.4, 0.5) is 11.4 Å². The fourth-order valence-electron chi connectivity index (χ4n) is 4.66. The maximum atomic E-state index is 13.4. The lowest BCUT2D eigenvalue weighted by Crippen LogP contribution is -2.36. The van der Waals surface area contributed by atoms with Gasteiger partial charge in [-0.1, -0.05) is 6.92 Å². The molecule has 0 amide bonds. The SMILES string of the molecule is CCCc1nc(C)c2c(=O)[nH]c(-c3cc(S(=O)(=O)Nc4ccc(N5CCOCC5)cc4)ccc3OCC)nn12. The predicted molar refractivity (Wildman–Crippen MR) is 149 cm³/mol. The highest BCUT2D eigenvalue weighted by Crippen LogP contribution is 2.31. The molecule has 0 aliphatic carbocycles. The van der Waals surface area contributed by atoms with Crippen LogP contribution < -0.4 is 19.9 Å². The first-order valence-electron chi connectivity index (χ1n) is 13.0. The van der Waals surface area contributed by atoms with E-state index in [1.54, 1.807) is 25.1 Å². The maximum absolute atomic E-state index is 13.4. The van der Waals surface area contributed by atoms with Crippen LogP contribution in [0.2, 0.25) is 0 Å². The molecule has 2 N–H and O–H groups in total. The van der Waals surface area contributed by atoms with Crippen molar-refractivity contribution in [2.24, 2.45) is 0 Å². The summed E-state index contributed by atoms with van der Waals surface area (Å²) in [7, 11) is -3.96. The largest absolute Gasteiger partial charge is 0.493 e. The molecule has 0 radical (unpaired) electrons. The number of hydrogen-bond acceptors (Lipinski definition) is 8. The lowest BCUT2D eigenvalue weighted by molar-refractivity contribution is 0.122. The van der Waals surface area contributed by atoms with Gasteiger partial charge in [0.25, 0.3) is 15.6 Å². The Labute approximate surface area is 226 Å². The Kier molecular flexibility index (Phi) is 7.58. The number of sulfonamides is 1. The van der Waals surface area contributed by atoms with Gasteiger partial charge in [-0.2, -0.15) is 0 Å². The van der Waals surface area contributed by atoms with Crippen molar-refractivity contribution < 1.29 is 17.9 Å². The van der Waals surface area contributed by atoms with Crippen molar-refractivity contribution in [1.82, 2.24) is 19.6 Å². The zero-order valence-electron chi connectivity index (χ0n) is 22.2. The number of H-pyrrole nitrogens is 1. The summed E-state index contributed by atoms with van der Waals surface area (Å²) in [6, 6.07) is 11.8. The molecule has 39 heavy (non-hydrogen) atoms. The number of aromatic amines is 1. The number of nitrogens with zero attached hydrogens (tertiary/aromatic N) is 4. The number of aryl methyl sites for hydroxylation is 2. The van der Waals surface area contributed by atoms with E-state index in [1.165, 1.54) is 16.6 Å². The van der Waals surface area contributed by atoms with Crippen LogP contribution in [0.15, 0.2) is 52.2 Å². The van der Waals surface area contributed by atoms with Crippen molar-refractivity contribution in [1.29, 1.82) is 0 Å². The Hall–Kier alpha value is -3.90. The summed E-state index contributed by atoms with van der Waals surface area (Å²) in [5.41, 5.74) is 2.40. The van der Waals surface area contributed by atoms with Crippen LogP contribution in [0.25, 0.3) is 16.9 Å². The van der Waals surface area contributed by atoms with E-state index >= 15 is 0 Å². The van der Waals surface area contributed by atoms with Gasteiger partial charge < -0.3 is 19.4 Å². The summed E-state index contributed by atoms with van der Waals surface area (Å²) in [4.78, 5) is 22.5. The van der Waals surface area contributed by atoms with Gasteiger partial charge in [-0.3, -0.25) is 9.52 Å². The minimum Gasteiger partial charge on any atom is -0.493 e. The second kappa shape index (κ2) is 11.1. The standard InChI is InChI=1S/C27H32N6O5S/c1-4-6-24-28-18(3)25-27(34)29-26(30-33(24)25)22-17-21(11-12-23(22)38-5-2)39(35,36)31-19-7-9-20(10-8-19)32-13-15-37-16-14-32/h7-12,17,31H,4-6,13-16H2,1-3H3,(H,29,30,34). The molecule has 1 aliphatic rings. The maximum Gasteiger partial charge on any atom is 0.277 e. The van der Waals surface area contributed by atoms with Crippen LogP contribution >= 0.6 is 0 Å². The number of nitrogens with one attached hydrogen (secondary N) is 2. The lowest BCUT2D eigenvalue weighted by Gasteiger charge is -2.28. The Morgan fingerprint density at radius 1 is 1.10 bits per heavy atom. The molecule has 0 bridgehead atoms. The van der Waals surface area contributed by atoms with E-state index in [0.29, 0.717) is 60.3 Å². The molecule has 1 fully saturated rings. The smallest absolute Gasteiger partial charge is 0.277 e. The second-order valence-corrected chi connectivity index (χ2v) is 11.0. The molecule has 206 valence electrons. The Balaban J connectivity index is 1.50. The minimum atomic E-state index is -3.96. The zero-order chi connectivity index (χ0) is 27.6. The van der Waals surface area contributed by atoms with Gasteiger partial charge in [0.2, 0.25) is 0 Å². The quantitative estimate of drug-likeness (QED) is 0.323. The van der Waals surface area contributed by atoms with Crippen LogP contribution in [0.1, 0.15) is 31.8 Å². The number of anilines is 2. The highest BCUT2D eigenvalue weighted by atomic mass is 32.2. The second-order valence-electron chi connectivity index (χ2n) is 9.27. The van der Waals surface area contributed by atoms with Crippen LogP contribution in [-0.4, -0.2) is 60.9 Å². The molecule has 3 heterocycles. The average Bonchev–Trinajstić information content (AvgIpc) is 3.25. The fourth-order valence-corrected chi connectivity index (χ4v) is 5.75. The molecule has 0 unspecified atom stereocenters. The number of fused-ring (bicyclic) bond motifs is 1. The van der Waals surface area contributed by atoms with E-state index in [2.05, 4.69) is 24.7 Å². The Bertz CT molecular complexity index is 1640. The molecule has 2 aromatic carbocycles. The van der Waals surface area contributed by atoms with Gasteiger partial charge in [-0.05, 0) is 62.7 Å². The van der Waals surface area contributed by atoms with E-state index in [1.807, 2.05) is 26.0 Å². The number of imidazole rings is 1. The molecule has 5 rings (SSSR count). The first-order valence-corrected chi connectivity index (χ1v) is 14.5. The molecule has 2 aromatic heterocycles. The van der Waals surface area contributed by atoms with E-state index in [4.69, 9.17) is 9.47 Å². The number of hydrogen-bond donors (Lipinski definition) is 2. The summed E-state index contributed by atoms with van der Waals surface area (Å²) in [5.74, 6) is 1.27. The van der Waals surface area contributed by atoms with E-state index < -0.39 is 10.0 Å². The van der Waals surface area contributed by atoms with E-state index in [0.717, 1.165) is 25.2 Å². The van der Waals surface area contributed by atoms with Gasteiger partial charge in [-0.25, -0.2) is 17.9 Å². The van der Waals surface area contributed by atoms with Gasteiger partial charge in [0, 0.05) is 30.9 Å². The van der Waals surface area contributed by atoms with Crippen molar-refractivity contribution >= 4 is 26.9 Å². The predicted octanol–water partition coefficient (Wildman–Crippen LogP) is 3.38. The lowest BCUT2D eigenvalue weighted by atomic mass is 10.2. The molecule has 0 saturated carbocycles. The molecule has 1 aliphatic heterocycles. The number of ether oxygens (including phenoxy) is 2. The Morgan fingerprint density at radius 2 is 1.85 bits per heavy atom. The molecule has 0 atom stereocenters. The van der Waals surface area contributed by atoms with Crippen molar-refractivity contribution in [3.63, 3.8) is 0 Å². The number of rotatable bonds is 9. The molecule has 4 aromatic rings. The van der Waals surface area contributed by atoms with Gasteiger partial charge in [0.1, 0.15) is 11.6 Å². The first kappa shape index (κ1) is 26.7. The minimum absolute atomic E-state index is 0.0107. The number of benzene rings is 2. The topological polar surface area (TPSA) is 131 Å². The monoisotopic (exact) mass is 552 g/mol. The van der Waals surface area contributed by atoms with Crippen molar-refractivity contribution in [3.8, 4) is 17.1 Å². The summed E-state index contributed by atoms with van der Waals surface area (Å²) >= 11 is 0. The highest BCUT2D eigenvalue weighted by molar-refractivity contribution is 7.92. The molecule has 0 spiro atoms. The third-order valence-corrected chi connectivity index (χ3v) is 7.91. The van der Waals surface area contributed by atoms with Crippen LogP contribution in [0.3, 0.4) is 0 Å². The first-order chi connectivity index (χ1) is 18.8. The van der Waals surface area contributed by atoms with E-state index in [9.17, 15) is 13.2 Å². The fraction of sp³-hybridized carbons (Fsp3) is 0.370. The number of morpholine rings is 1. The average molecular weight is 553 g/mol. The summed E-state index contributed by atoms with van der Waals surface area (Å²) in [6.07, 6.45) is 1.48. The Morgan fingerprint density at radius 3 is 2.54 bits per heavy atom. The third kappa shape index (κ3) is 5.48. The summed E-state index contributed by atoms with van der Waals surface area (Å²) < 4.78 is 42.1. The van der Waals surface area contributed by atoms with Crippen molar-refractivity contribution in [3.05, 3.63) is 64.3 Å². The normalized spacial score (nSPS) is 14.1. The highest BCUT2D eigenvalue weighted by Gasteiger charge is 2.21. The van der Waals surface area contributed by atoms with Gasteiger partial charge in [0.15, 0.2) is 11.3 Å². The summed E-state index contributed by atoms with van der Waals surface area (Å²) in [6.45, 7) is 8.89. The molecule has 11 nitrogen and oxygen atoms in total. The molecule has 12 heteroatoms. The summed E-state index contributed by atoms with van der Waals surface area (Å²) in [5, 5.41) is 4.64. The van der Waals surface area contributed by atoms with Crippen molar-refractivity contribution in [2.45, 2.75) is 38.5 Å². The molecular weight excluding hydrogens is 520 g/mol. The van der Waals surface area contributed by atoms with Crippen LogP contribution in [-0.2, 0) is 21.2 Å². The van der Waals surface area contributed by atoms with Gasteiger partial charge >= 0.3 is 0 Å². The number of aromatic nitrogens is 4. The van der Waals surface area contributed by atoms with Crippen LogP contribution in [0.5, 0.6) is 5.75 Å². The third-order valence-electron chi connectivity index (χ3n) is 6.53. The zero-order valence-corrected chi connectivity index (χ0v) is 23.0. The van der Waals surface area contributed by atoms with E-state index in [-0.39, 0.29) is 16.3 Å². The van der Waals surface area contributed by atoms with Gasteiger partial charge in [0.05, 0.1) is 36.0 Å². The van der Waals surface area contributed by atoms with Crippen LogP contribution in [0, 0.1) is 6.92 Å². The molecular formula is C27H32N6O5S. The molecule has 1 saturated heterocycles. The van der Waals surface area contributed by atoms with Gasteiger partial charge in [-0.15, -0.1) is 5.10 Å².